The molecule has 1 N–H and O–H groups in total. The number of benzene rings is 1. The van der Waals surface area contributed by atoms with E-state index in [0.717, 1.165) is 35.8 Å². The Morgan fingerprint density at radius 3 is 2.88 bits per heavy atom. The lowest BCUT2D eigenvalue weighted by Crippen LogP contribution is -2.35. The van der Waals surface area contributed by atoms with Crippen molar-refractivity contribution in [1.82, 2.24) is 14.9 Å². The van der Waals surface area contributed by atoms with Gasteiger partial charge in [0.2, 0.25) is 5.58 Å². The van der Waals surface area contributed by atoms with Crippen molar-refractivity contribution in [2.24, 2.45) is 5.92 Å². The molecule has 0 bridgehead atoms. The highest BCUT2D eigenvalue weighted by molar-refractivity contribution is 6.01. The minimum Gasteiger partial charge on any atom is -0.449 e. The third-order valence-corrected chi connectivity index (χ3v) is 5.99. The van der Waals surface area contributed by atoms with E-state index < -0.39 is 0 Å². The molecule has 2 aliphatic rings. The van der Waals surface area contributed by atoms with Crippen LogP contribution in [-0.2, 0) is 6.54 Å². The maximum absolute atomic E-state index is 12.5. The fourth-order valence-corrected chi connectivity index (χ4v) is 4.84. The fourth-order valence-electron chi connectivity index (χ4n) is 4.84. The SMILES string of the molecule is O=c1[nH]c(CN2CCCC2C2CCCC2)nc2c1oc1ccccc12. The number of hydrogen-bond acceptors (Lipinski definition) is 4. The quantitative estimate of drug-likeness (QED) is 0.789. The summed E-state index contributed by atoms with van der Waals surface area (Å²) in [4.78, 5) is 22.7. The predicted octanol–water partition coefficient (Wildman–Crippen LogP) is 3.82. The normalized spacial score (nSPS) is 22.5. The van der Waals surface area contributed by atoms with Crippen LogP contribution in [0.4, 0.5) is 0 Å². The lowest BCUT2D eigenvalue weighted by Gasteiger charge is -2.28. The third-order valence-electron chi connectivity index (χ3n) is 5.99. The van der Waals surface area contributed by atoms with Gasteiger partial charge in [0.15, 0.2) is 0 Å². The third kappa shape index (κ3) is 2.58. The molecular formula is C20H23N3O2. The Bertz CT molecular complexity index is 968. The molecule has 5 rings (SSSR count). The van der Waals surface area contributed by atoms with E-state index in [9.17, 15) is 4.79 Å². The Hall–Kier alpha value is -2.14. The molecule has 5 heteroatoms. The number of nitrogens with one attached hydrogen (secondary N) is 1. The van der Waals surface area contributed by atoms with Crippen molar-refractivity contribution in [2.75, 3.05) is 6.54 Å². The minimum absolute atomic E-state index is 0.173. The second-order valence-electron chi connectivity index (χ2n) is 7.51. The molecule has 2 aromatic heterocycles. The van der Waals surface area contributed by atoms with Crippen LogP contribution in [0.15, 0.2) is 33.5 Å². The molecule has 0 radical (unpaired) electrons. The molecule has 1 aliphatic carbocycles. The van der Waals surface area contributed by atoms with E-state index in [1.807, 2.05) is 24.3 Å². The highest BCUT2D eigenvalue weighted by Gasteiger charge is 2.33. The number of fused-ring (bicyclic) bond motifs is 3. The molecule has 3 heterocycles. The van der Waals surface area contributed by atoms with Gasteiger partial charge in [0.1, 0.15) is 16.9 Å². The van der Waals surface area contributed by atoms with Gasteiger partial charge in [0.25, 0.3) is 5.56 Å². The first-order chi connectivity index (χ1) is 12.3. The molecule has 0 spiro atoms. The van der Waals surface area contributed by atoms with Crippen LogP contribution in [-0.4, -0.2) is 27.5 Å². The number of hydrogen-bond donors (Lipinski definition) is 1. The van der Waals surface area contributed by atoms with Gasteiger partial charge in [-0.1, -0.05) is 25.0 Å². The lowest BCUT2D eigenvalue weighted by atomic mass is 9.96. The number of aromatic amines is 1. The Labute approximate surface area is 146 Å². The highest BCUT2D eigenvalue weighted by Crippen LogP contribution is 2.36. The van der Waals surface area contributed by atoms with Gasteiger partial charge in [-0.25, -0.2) is 4.98 Å². The van der Waals surface area contributed by atoms with Crippen LogP contribution >= 0.6 is 0 Å². The second-order valence-corrected chi connectivity index (χ2v) is 7.51. The van der Waals surface area contributed by atoms with E-state index in [1.165, 1.54) is 38.5 Å². The summed E-state index contributed by atoms with van der Waals surface area (Å²) in [5.74, 6) is 1.58. The molecule has 1 saturated heterocycles. The topological polar surface area (TPSA) is 62.1 Å². The zero-order valence-corrected chi connectivity index (χ0v) is 14.3. The molecule has 1 unspecified atom stereocenters. The van der Waals surface area contributed by atoms with E-state index in [4.69, 9.17) is 9.40 Å². The molecule has 2 fully saturated rings. The van der Waals surface area contributed by atoms with Crippen LogP contribution in [0, 0.1) is 5.92 Å². The van der Waals surface area contributed by atoms with Gasteiger partial charge in [-0.05, 0) is 50.3 Å². The number of likely N-dealkylation sites (tertiary alicyclic amines) is 1. The van der Waals surface area contributed by atoms with E-state index in [2.05, 4.69) is 9.88 Å². The van der Waals surface area contributed by atoms with E-state index in [1.54, 1.807) is 0 Å². The first kappa shape index (κ1) is 15.1. The maximum Gasteiger partial charge on any atom is 0.294 e. The van der Waals surface area contributed by atoms with Crippen LogP contribution in [0.2, 0.25) is 0 Å². The Morgan fingerprint density at radius 1 is 1.16 bits per heavy atom. The van der Waals surface area contributed by atoms with Crippen LogP contribution in [0.25, 0.3) is 22.1 Å². The van der Waals surface area contributed by atoms with E-state index in [-0.39, 0.29) is 5.56 Å². The Kier molecular flexibility index (Phi) is 3.63. The fraction of sp³-hybridized carbons (Fsp3) is 0.500. The van der Waals surface area contributed by atoms with Crippen LogP contribution < -0.4 is 5.56 Å². The molecule has 1 atom stereocenters. The van der Waals surface area contributed by atoms with E-state index >= 15 is 0 Å². The summed E-state index contributed by atoms with van der Waals surface area (Å²) in [6.45, 7) is 1.83. The Balaban J connectivity index is 1.50. The van der Waals surface area contributed by atoms with Crippen molar-refractivity contribution in [2.45, 2.75) is 51.1 Å². The zero-order valence-electron chi connectivity index (χ0n) is 14.3. The molecule has 0 amide bonds. The number of furan rings is 1. The van der Waals surface area contributed by atoms with Crippen molar-refractivity contribution < 1.29 is 4.42 Å². The van der Waals surface area contributed by atoms with Crippen molar-refractivity contribution in [3.8, 4) is 0 Å². The number of aromatic nitrogens is 2. The summed E-state index contributed by atoms with van der Waals surface area (Å²) in [5.41, 5.74) is 1.56. The van der Waals surface area contributed by atoms with Crippen LogP contribution in [0.5, 0.6) is 0 Å². The molecule has 3 aromatic rings. The summed E-state index contributed by atoms with van der Waals surface area (Å²) in [5, 5.41) is 0.915. The zero-order chi connectivity index (χ0) is 16.8. The van der Waals surface area contributed by atoms with Gasteiger partial charge in [0.05, 0.1) is 6.54 Å². The Morgan fingerprint density at radius 2 is 2.00 bits per heavy atom. The summed E-state index contributed by atoms with van der Waals surface area (Å²) in [7, 11) is 0. The number of nitrogens with zero attached hydrogens (tertiary/aromatic N) is 2. The maximum atomic E-state index is 12.5. The number of rotatable bonds is 3. The van der Waals surface area contributed by atoms with Crippen molar-refractivity contribution in [3.63, 3.8) is 0 Å². The number of H-pyrrole nitrogens is 1. The van der Waals surface area contributed by atoms with Crippen molar-refractivity contribution >= 4 is 22.1 Å². The number of para-hydroxylation sites is 1. The monoisotopic (exact) mass is 337 g/mol. The highest BCUT2D eigenvalue weighted by atomic mass is 16.3. The van der Waals surface area contributed by atoms with Crippen molar-refractivity contribution in [3.05, 3.63) is 40.4 Å². The van der Waals surface area contributed by atoms with E-state index in [0.29, 0.717) is 17.1 Å². The van der Waals surface area contributed by atoms with Gasteiger partial charge in [-0.3, -0.25) is 9.69 Å². The molecule has 1 aromatic carbocycles. The van der Waals surface area contributed by atoms with Gasteiger partial charge < -0.3 is 9.40 Å². The average molecular weight is 337 g/mol. The minimum atomic E-state index is -0.173. The van der Waals surface area contributed by atoms with Gasteiger partial charge in [-0.15, -0.1) is 0 Å². The van der Waals surface area contributed by atoms with Crippen LogP contribution in [0.3, 0.4) is 0 Å². The largest absolute Gasteiger partial charge is 0.449 e. The summed E-state index contributed by atoms with van der Waals surface area (Å²) < 4.78 is 5.69. The summed E-state index contributed by atoms with van der Waals surface area (Å²) in [6.07, 6.45) is 8.00. The predicted molar refractivity (Wildman–Crippen MR) is 97.5 cm³/mol. The molecule has 5 nitrogen and oxygen atoms in total. The van der Waals surface area contributed by atoms with Gasteiger partial charge in [-0.2, -0.15) is 0 Å². The summed E-state index contributed by atoms with van der Waals surface area (Å²) >= 11 is 0. The molecular weight excluding hydrogens is 314 g/mol. The molecule has 1 aliphatic heterocycles. The van der Waals surface area contributed by atoms with Gasteiger partial charge in [0, 0.05) is 11.4 Å². The second kappa shape index (κ2) is 5.99. The first-order valence-electron chi connectivity index (χ1n) is 9.44. The molecule has 130 valence electrons. The standard InChI is InChI=1S/C20H23N3O2/c24-20-19-18(14-8-3-4-10-16(14)25-19)21-17(22-20)12-23-11-5-9-15(23)13-6-1-2-7-13/h3-4,8,10,13,15H,1-2,5-7,9,11-12H2,(H,21,22,24). The molecule has 1 saturated carbocycles. The van der Waals surface area contributed by atoms with Crippen LogP contribution in [0.1, 0.15) is 44.3 Å². The summed E-state index contributed by atoms with van der Waals surface area (Å²) in [6, 6.07) is 8.37. The first-order valence-corrected chi connectivity index (χ1v) is 9.44. The van der Waals surface area contributed by atoms with Gasteiger partial charge >= 0.3 is 0 Å². The molecule has 25 heavy (non-hydrogen) atoms. The smallest absolute Gasteiger partial charge is 0.294 e. The lowest BCUT2D eigenvalue weighted by molar-refractivity contribution is 0.179. The average Bonchev–Trinajstić information content (AvgIpc) is 3.34. The van der Waals surface area contributed by atoms with Crippen molar-refractivity contribution in [1.29, 1.82) is 0 Å².